The molecule has 1 amide bonds. The van der Waals surface area contributed by atoms with E-state index in [4.69, 9.17) is 0 Å². The molecule has 3 atom stereocenters. The van der Waals surface area contributed by atoms with Crippen LogP contribution in [-0.2, 0) is 4.79 Å². The predicted octanol–water partition coefficient (Wildman–Crippen LogP) is 1.46. The Balaban J connectivity index is 2.01. The number of hydrogen-bond donors (Lipinski definition) is 1. The number of likely N-dealkylation sites (N-methyl/N-ethyl adjacent to an activating group) is 1. The van der Waals surface area contributed by atoms with Crippen LogP contribution < -0.4 is 5.32 Å². The largest absolute Gasteiger partial charge is 0.341 e. The number of nitrogens with zero attached hydrogens (tertiary/aromatic N) is 2. The average Bonchev–Trinajstić information content (AvgIpc) is 2.99. The first-order valence-electron chi connectivity index (χ1n) is 7.87. The Morgan fingerprint density at radius 2 is 1.74 bits per heavy atom. The van der Waals surface area contributed by atoms with Gasteiger partial charge in [-0.3, -0.25) is 9.69 Å². The van der Waals surface area contributed by atoms with Crippen molar-refractivity contribution in [3.8, 4) is 0 Å². The highest BCUT2D eigenvalue weighted by Crippen LogP contribution is 2.23. The van der Waals surface area contributed by atoms with Gasteiger partial charge in [0.2, 0.25) is 5.91 Å². The zero-order valence-electron chi connectivity index (χ0n) is 12.7. The summed E-state index contributed by atoms with van der Waals surface area (Å²) >= 11 is 0. The standard InChI is InChI=1S/C15H29N3O/c1-12(16-3)14-8-4-5-11-18(14)13(2)15(19)17-9-6-7-10-17/h12-14,16H,4-11H2,1-3H3. The number of rotatable bonds is 4. The van der Waals surface area contributed by atoms with Crippen molar-refractivity contribution in [3.05, 3.63) is 0 Å². The van der Waals surface area contributed by atoms with Gasteiger partial charge in [0.1, 0.15) is 0 Å². The number of carbonyl (C=O) groups is 1. The highest BCUT2D eigenvalue weighted by atomic mass is 16.2. The van der Waals surface area contributed by atoms with E-state index in [2.05, 4.69) is 29.0 Å². The number of nitrogens with one attached hydrogen (secondary N) is 1. The van der Waals surface area contributed by atoms with Gasteiger partial charge in [0.05, 0.1) is 6.04 Å². The molecule has 0 radical (unpaired) electrons. The second-order valence-electron chi connectivity index (χ2n) is 6.09. The molecule has 0 bridgehead atoms. The Morgan fingerprint density at radius 1 is 1.11 bits per heavy atom. The van der Waals surface area contributed by atoms with Crippen LogP contribution in [0.4, 0.5) is 0 Å². The lowest BCUT2D eigenvalue weighted by Crippen LogP contribution is -2.57. The topological polar surface area (TPSA) is 35.6 Å². The lowest BCUT2D eigenvalue weighted by atomic mass is 9.94. The summed E-state index contributed by atoms with van der Waals surface area (Å²) in [5.41, 5.74) is 0. The number of hydrogen-bond acceptors (Lipinski definition) is 3. The van der Waals surface area contributed by atoms with Crippen molar-refractivity contribution < 1.29 is 4.79 Å². The zero-order chi connectivity index (χ0) is 13.8. The summed E-state index contributed by atoms with van der Waals surface area (Å²) in [5.74, 6) is 0.340. The van der Waals surface area contributed by atoms with Crippen LogP contribution in [0.2, 0.25) is 0 Å². The molecule has 2 fully saturated rings. The predicted molar refractivity (Wildman–Crippen MR) is 78.1 cm³/mol. The molecule has 19 heavy (non-hydrogen) atoms. The molecular weight excluding hydrogens is 238 g/mol. The molecule has 4 nitrogen and oxygen atoms in total. The first-order chi connectivity index (χ1) is 9.15. The first kappa shape index (κ1) is 14.8. The second-order valence-corrected chi connectivity index (χ2v) is 6.09. The number of carbonyl (C=O) groups excluding carboxylic acids is 1. The molecule has 0 aliphatic carbocycles. The van der Waals surface area contributed by atoms with Gasteiger partial charge in [-0.25, -0.2) is 0 Å². The third kappa shape index (κ3) is 3.29. The minimum absolute atomic E-state index is 0.0409. The molecule has 0 aromatic heterocycles. The molecule has 110 valence electrons. The summed E-state index contributed by atoms with van der Waals surface area (Å²) in [7, 11) is 2.02. The van der Waals surface area contributed by atoms with E-state index in [0.29, 0.717) is 18.0 Å². The van der Waals surface area contributed by atoms with Crippen LogP contribution in [0, 0.1) is 0 Å². The van der Waals surface area contributed by atoms with Crippen LogP contribution in [0.15, 0.2) is 0 Å². The van der Waals surface area contributed by atoms with Crippen LogP contribution in [-0.4, -0.2) is 60.5 Å². The van der Waals surface area contributed by atoms with E-state index in [1.54, 1.807) is 0 Å². The van der Waals surface area contributed by atoms with Crippen molar-refractivity contribution in [1.29, 1.82) is 0 Å². The molecular formula is C15H29N3O. The van der Waals surface area contributed by atoms with Gasteiger partial charge in [-0.05, 0) is 53.1 Å². The van der Waals surface area contributed by atoms with Gasteiger partial charge in [-0.2, -0.15) is 0 Å². The summed E-state index contributed by atoms with van der Waals surface area (Å²) in [5, 5.41) is 3.36. The van der Waals surface area contributed by atoms with Gasteiger partial charge >= 0.3 is 0 Å². The van der Waals surface area contributed by atoms with E-state index in [9.17, 15) is 4.79 Å². The van der Waals surface area contributed by atoms with Gasteiger partial charge in [-0.15, -0.1) is 0 Å². The maximum Gasteiger partial charge on any atom is 0.239 e. The fourth-order valence-corrected chi connectivity index (χ4v) is 3.53. The van der Waals surface area contributed by atoms with E-state index in [1.165, 1.54) is 32.1 Å². The van der Waals surface area contributed by atoms with E-state index in [1.807, 2.05) is 7.05 Å². The van der Waals surface area contributed by atoms with E-state index < -0.39 is 0 Å². The molecule has 3 unspecified atom stereocenters. The van der Waals surface area contributed by atoms with Crippen LogP contribution in [0.1, 0.15) is 46.0 Å². The normalized spacial score (nSPS) is 28.4. The molecule has 1 N–H and O–H groups in total. The minimum atomic E-state index is 0.0409. The Hall–Kier alpha value is -0.610. The molecule has 2 aliphatic heterocycles. The lowest BCUT2D eigenvalue weighted by molar-refractivity contribution is -0.137. The lowest BCUT2D eigenvalue weighted by Gasteiger charge is -2.43. The summed E-state index contributed by atoms with van der Waals surface area (Å²) in [6.07, 6.45) is 6.08. The van der Waals surface area contributed by atoms with Gasteiger partial charge in [0, 0.05) is 25.2 Å². The highest BCUT2D eigenvalue weighted by Gasteiger charge is 2.35. The molecule has 0 aromatic rings. The van der Waals surface area contributed by atoms with Gasteiger partial charge in [0.25, 0.3) is 0 Å². The molecule has 2 aliphatic rings. The molecule has 4 heteroatoms. The van der Waals surface area contributed by atoms with Crippen molar-refractivity contribution in [3.63, 3.8) is 0 Å². The van der Waals surface area contributed by atoms with E-state index >= 15 is 0 Å². The summed E-state index contributed by atoms with van der Waals surface area (Å²) < 4.78 is 0. The maximum absolute atomic E-state index is 12.6. The Morgan fingerprint density at radius 3 is 2.37 bits per heavy atom. The quantitative estimate of drug-likeness (QED) is 0.837. The average molecular weight is 267 g/mol. The van der Waals surface area contributed by atoms with Crippen molar-refractivity contribution >= 4 is 5.91 Å². The minimum Gasteiger partial charge on any atom is -0.341 e. The van der Waals surface area contributed by atoms with Crippen LogP contribution in [0.25, 0.3) is 0 Å². The smallest absolute Gasteiger partial charge is 0.239 e. The summed E-state index contributed by atoms with van der Waals surface area (Å²) in [4.78, 5) is 17.1. The van der Waals surface area contributed by atoms with Crippen LogP contribution in [0.5, 0.6) is 0 Å². The molecule has 2 heterocycles. The monoisotopic (exact) mass is 267 g/mol. The number of piperidine rings is 1. The summed E-state index contributed by atoms with van der Waals surface area (Å²) in [6.45, 7) is 7.32. The second kappa shape index (κ2) is 6.71. The Labute approximate surface area is 117 Å². The third-order valence-electron chi connectivity index (χ3n) is 4.90. The molecule has 2 saturated heterocycles. The fraction of sp³-hybridized carbons (Fsp3) is 0.933. The van der Waals surface area contributed by atoms with Gasteiger partial charge in [0.15, 0.2) is 0 Å². The van der Waals surface area contributed by atoms with Crippen LogP contribution in [0.3, 0.4) is 0 Å². The van der Waals surface area contributed by atoms with Crippen molar-refractivity contribution in [2.75, 3.05) is 26.7 Å². The highest BCUT2D eigenvalue weighted by molar-refractivity contribution is 5.81. The van der Waals surface area contributed by atoms with E-state index in [-0.39, 0.29) is 6.04 Å². The fourth-order valence-electron chi connectivity index (χ4n) is 3.53. The van der Waals surface area contributed by atoms with Crippen molar-refractivity contribution in [2.45, 2.75) is 64.1 Å². The summed E-state index contributed by atoms with van der Waals surface area (Å²) in [6, 6.07) is 0.994. The van der Waals surface area contributed by atoms with Crippen molar-refractivity contribution in [2.24, 2.45) is 0 Å². The molecule has 0 spiro atoms. The number of likely N-dealkylation sites (tertiary alicyclic amines) is 2. The van der Waals surface area contributed by atoms with Gasteiger partial charge < -0.3 is 10.2 Å². The molecule has 2 rings (SSSR count). The Kier molecular flexibility index (Phi) is 5.22. The van der Waals surface area contributed by atoms with Crippen LogP contribution >= 0.6 is 0 Å². The van der Waals surface area contributed by atoms with E-state index in [0.717, 1.165) is 19.6 Å². The van der Waals surface area contributed by atoms with Gasteiger partial charge in [-0.1, -0.05) is 6.42 Å². The zero-order valence-corrected chi connectivity index (χ0v) is 12.7. The molecule has 0 saturated carbocycles. The molecule has 0 aromatic carbocycles. The SMILES string of the molecule is CNC(C)C1CCCCN1C(C)C(=O)N1CCCC1. The maximum atomic E-state index is 12.6. The first-order valence-corrected chi connectivity index (χ1v) is 7.87. The third-order valence-corrected chi connectivity index (χ3v) is 4.90. The number of amides is 1. The Bertz CT molecular complexity index is 302. The van der Waals surface area contributed by atoms with Crippen molar-refractivity contribution in [1.82, 2.24) is 15.1 Å².